The molecule has 0 saturated carbocycles. The van der Waals surface area contributed by atoms with Gasteiger partial charge in [0.15, 0.2) is 5.78 Å². The summed E-state index contributed by atoms with van der Waals surface area (Å²) >= 11 is 0. The summed E-state index contributed by atoms with van der Waals surface area (Å²) in [5.74, 6) is -6.18. The van der Waals surface area contributed by atoms with E-state index in [0.29, 0.717) is 5.75 Å². The van der Waals surface area contributed by atoms with Gasteiger partial charge in [-0.3, -0.25) is 28.7 Å². The van der Waals surface area contributed by atoms with Crippen molar-refractivity contribution in [3.8, 4) is 5.75 Å². The second-order valence-electron chi connectivity index (χ2n) is 9.32. The molecule has 0 aliphatic carbocycles. The number of amides is 4. The lowest BCUT2D eigenvalue weighted by atomic mass is 9.95. The molecule has 0 radical (unpaired) electrons. The van der Waals surface area contributed by atoms with Crippen LogP contribution in [-0.2, 0) is 35.1 Å². The quantitative estimate of drug-likeness (QED) is 0.215. The molecule has 2 aromatic rings. The highest BCUT2D eigenvalue weighted by Gasteiger charge is 2.36. The van der Waals surface area contributed by atoms with E-state index in [9.17, 15) is 41.5 Å². The molecule has 3 atom stereocenters. The van der Waals surface area contributed by atoms with Gasteiger partial charge in [-0.25, -0.2) is 4.39 Å². The molecule has 2 aromatic carbocycles. The second-order valence-corrected chi connectivity index (χ2v) is 9.32. The van der Waals surface area contributed by atoms with Crippen molar-refractivity contribution in [3.63, 3.8) is 0 Å². The average molecular weight is 597 g/mol. The first-order chi connectivity index (χ1) is 19.8. The Hall–Kier alpha value is -4.53. The molecule has 0 bridgehead atoms. The molecule has 1 heterocycles. The van der Waals surface area contributed by atoms with Crippen LogP contribution in [0.5, 0.6) is 5.75 Å². The summed E-state index contributed by atoms with van der Waals surface area (Å²) in [6, 6.07) is 7.87. The summed E-state index contributed by atoms with van der Waals surface area (Å²) in [7, 11) is 1.40. The van der Waals surface area contributed by atoms with Crippen molar-refractivity contribution >= 4 is 35.1 Å². The van der Waals surface area contributed by atoms with E-state index < -0.39 is 66.2 Å². The number of rotatable bonds is 12. The normalized spacial score (nSPS) is 16.1. The van der Waals surface area contributed by atoms with Crippen molar-refractivity contribution in [2.24, 2.45) is 5.92 Å². The van der Waals surface area contributed by atoms with Crippen molar-refractivity contribution in [2.75, 3.05) is 25.6 Å². The molecule has 2 unspecified atom stereocenters. The van der Waals surface area contributed by atoms with Crippen LogP contribution in [0.15, 0.2) is 48.5 Å². The standard InChI is InChI=1S/C27H28F4N4O7/c1-41-19-7-3-6-18(13-19)33-25(39)26(40)35-21(11-15-4-2-5-17(28)10-15)24(38)34-20(12-16-8-9-32-23(16)37)22(36)14-42-27(29,30)31/h2-7,10,13,16,20-21H,8-9,11-12,14H2,1H3,(H,32,37)(H,33,39)(H,34,38)(H,35,40)/t16-,20?,21?/m0/s1. The third-order valence-electron chi connectivity index (χ3n) is 6.25. The van der Waals surface area contributed by atoms with E-state index in [4.69, 9.17) is 4.74 Å². The summed E-state index contributed by atoms with van der Waals surface area (Å²) in [5, 5.41) is 9.35. The summed E-state index contributed by atoms with van der Waals surface area (Å²) in [6.45, 7) is -1.16. The fraction of sp³-hybridized carbons (Fsp3) is 0.370. The van der Waals surface area contributed by atoms with Gasteiger partial charge in [-0.2, -0.15) is 0 Å². The number of carbonyl (C=O) groups is 5. The first kappa shape index (κ1) is 32.0. The van der Waals surface area contributed by atoms with Crippen molar-refractivity contribution in [2.45, 2.75) is 37.7 Å². The molecule has 42 heavy (non-hydrogen) atoms. The second kappa shape index (κ2) is 14.4. The molecular weight excluding hydrogens is 568 g/mol. The van der Waals surface area contributed by atoms with Gasteiger partial charge in [-0.15, -0.1) is 13.2 Å². The Morgan fingerprint density at radius 1 is 1.02 bits per heavy atom. The highest BCUT2D eigenvalue weighted by atomic mass is 19.4. The Balaban J connectivity index is 1.80. The van der Waals surface area contributed by atoms with Crippen LogP contribution in [0, 0.1) is 11.7 Å². The predicted octanol–water partition coefficient (Wildman–Crippen LogP) is 1.62. The van der Waals surface area contributed by atoms with E-state index in [1.807, 2.05) is 0 Å². The predicted molar refractivity (Wildman–Crippen MR) is 138 cm³/mol. The number of ether oxygens (including phenoxy) is 2. The number of halogens is 4. The number of hydrogen-bond acceptors (Lipinski definition) is 7. The maximum atomic E-state index is 13.8. The number of anilines is 1. The van der Waals surface area contributed by atoms with E-state index in [1.54, 1.807) is 12.1 Å². The molecule has 1 aliphatic heterocycles. The van der Waals surface area contributed by atoms with Gasteiger partial charge in [-0.05, 0) is 42.7 Å². The van der Waals surface area contributed by atoms with Crippen LogP contribution in [0.25, 0.3) is 0 Å². The smallest absolute Gasteiger partial charge is 0.497 e. The number of alkyl halides is 3. The molecule has 1 aliphatic rings. The fourth-order valence-corrected chi connectivity index (χ4v) is 4.17. The molecule has 1 fully saturated rings. The van der Waals surface area contributed by atoms with E-state index in [-0.39, 0.29) is 37.1 Å². The minimum absolute atomic E-state index is 0.200. The fourth-order valence-electron chi connectivity index (χ4n) is 4.17. The van der Waals surface area contributed by atoms with Crippen LogP contribution in [0.4, 0.5) is 23.2 Å². The topological polar surface area (TPSA) is 152 Å². The summed E-state index contributed by atoms with van der Waals surface area (Å²) in [5.41, 5.74) is 0.424. The van der Waals surface area contributed by atoms with Crippen molar-refractivity contribution in [1.29, 1.82) is 0 Å². The van der Waals surface area contributed by atoms with E-state index in [0.717, 1.165) is 12.1 Å². The Bertz CT molecular complexity index is 1320. The number of hydrogen-bond donors (Lipinski definition) is 4. The molecule has 1 saturated heterocycles. The Labute approximate surface area is 237 Å². The van der Waals surface area contributed by atoms with Crippen LogP contribution in [0.2, 0.25) is 0 Å². The van der Waals surface area contributed by atoms with Gasteiger partial charge in [0, 0.05) is 30.6 Å². The van der Waals surface area contributed by atoms with E-state index >= 15 is 0 Å². The molecule has 4 amide bonds. The first-order valence-electron chi connectivity index (χ1n) is 12.7. The Morgan fingerprint density at radius 3 is 2.40 bits per heavy atom. The minimum atomic E-state index is -5.13. The summed E-state index contributed by atoms with van der Waals surface area (Å²) in [6.07, 6.45) is -5.55. The lowest BCUT2D eigenvalue weighted by Gasteiger charge is -2.24. The van der Waals surface area contributed by atoms with Crippen molar-refractivity contribution in [1.82, 2.24) is 16.0 Å². The van der Waals surface area contributed by atoms with Gasteiger partial charge in [0.2, 0.25) is 11.8 Å². The number of benzene rings is 2. The van der Waals surface area contributed by atoms with Crippen LogP contribution < -0.4 is 26.0 Å². The highest BCUT2D eigenvalue weighted by Crippen LogP contribution is 2.20. The molecule has 3 rings (SSSR count). The first-order valence-corrected chi connectivity index (χ1v) is 12.7. The summed E-state index contributed by atoms with van der Waals surface area (Å²) in [4.78, 5) is 63.4. The molecule has 0 spiro atoms. The molecular formula is C27H28F4N4O7. The van der Waals surface area contributed by atoms with Gasteiger partial charge in [0.05, 0.1) is 13.2 Å². The number of carbonyl (C=O) groups excluding carboxylic acids is 5. The molecule has 0 aromatic heterocycles. The van der Waals surface area contributed by atoms with Crippen LogP contribution in [-0.4, -0.2) is 68.1 Å². The zero-order valence-electron chi connectivity index (χ0n) is 22.3. The SMILES string of the molecule is COc1cccc(NC(=O)C(=O)NC(Cc2cccc(F)c2)C(=O)NC(C[C@@H]2CCNC2=O)C(=O)COC(F)(F)F)c1. The zero-order valence-corrected chi connectivity index (χ0v) is 22.3. The lowest BCUT2D eigenvalue weighted by molar-refractivity contribution is -0.321. The van der Waals surface area contributed by atoms with Gasteiger partial charge < -0.3 is 26.0 Å². The van der Waals surface area contributed by atoms with Crippen molar-refractivity contribution < 1.29 is 51.0 Å². The number of nitrogens with one attached hydrogen (secondary N) is 4. The summed E-state index contributed by atoms with van der Waals surface area (Å²) < 4.78 is 60.2. The average Bonchev–Trinajstić information content (AvgIpc) is 3.34. The van der Waals surface area contributed by atoms with Gasteiger partial charge in [0.1, 0.15) is 24.2 Å². The van der Waals surface area contributed by atoms with Gasteiger partial charge in [-0.1, -0.05) is 18.2 Å². The number of ketones is 1. The maximum absolute atomic E-state index is 13.8. The Morgan fingerprint density at radius 2 is 1.76 bits per heavy atom. The van der Waals surface area contributed by atoms with Gasteiger partial charge in [0.25, 0.3) is 0 Å². The molecule has 226 valence electrons. The molecule has 4 N–H and O–H groups in total. The van der Waals surface area contributed by atoms with Gasteiger partial charge >= 0.3 is 18.2 Å². The minimum Gasteiger partial charge on any atom is -0.497 e. The largest absolute Gasteiger partial charge is 0.522 e. The van der Waals surface area contributed by atoms with Crippen LogP contribution in [0.3, 0.4) is 0 Å². The van der Waals surface area contributed by atoms with Crippen LogP contribution >= 0.6 is 0 Å². The van der Waals surface area contributed by atoms with Crippen LogP contribution in [0.1, 0.15) is 18.4 Å². The number of Topliss-reactive ketones (excluding diaryl/α,β-unsaturated/α-hetero) is 1. The molecule has 11 nitrogen and oxygen atoms in total. The third kappa shape index (κ3) is 9.83. The molecule has 15 heteroatoms. The third-order valence-corrected chi connectivity index (χ3v) is 6.25. The lowest BCUT2D eigenvalue weighted by Crippen LogP contribution is -2.55. The zero-order chi connectivity index (χ0) is 30.9. The Kier molecular flexibility index (Phi) is 11.0. The number of methoxy groups -OCH3 is 1. The highest BCUT2D eigenvalue weighted by molar-refractivity contribution is 6.40. The monoisotopic (exact) mass is 596 g/mol. The van der Waals surface area contributed by atoms with E-state index in [2.05, 4.69) is 26.0 Å². The van der Waals surface area contributed by atoms with Crippen molar-refractivity contribution in [3.05, 3.63) is 59.9 Å². The van der Waals surface area contributed by atoms with E-state index in [1.165, 1.54) is 31.4 Å². The maximum Gasteiger partial charge on any atom is 0.522 e.